The maximum absolute atomic E-state index is 4.97. The van der Waals surface area contributed by atoms with Gasteiger partial charge in [0.05, 0.1) is 10.6 Å². The lowest BCUT2D eigenvalue weighted by Crippen LogP contribution is -2.14. The highest BCUT2D eigenvalue weighted by atomic mass is 32.1. The van der Waals surface area contributed by atoms with Gasteiger partial charge in [0, 0.05) is 15.2 Å². The minimum absolute atomic E-state index is 0.118. The van der Waals surface area contributed by atoms with Gasteiger partial charge in [-0.3, -0.25) is 0 Å². The molecule has 2 rings (SSSR count). The minimum Gasteiger partial charge on any atom is -0.239 e. The molecule has 0 saturated carbocycles. The molecule has 2 aromatic heterocycles. The minimum atomic E-state index is 0.118. The molecule has 0 unspecified atom stereocenters. The Morgan fingerprint density at radius 3 is 2.00 bits per heavy atom. The number of aromatic nitrogens is 1. The van der Waals surface area contributed by atoms with Crippen molar-refractivity contribution in [2.24, 2.45) is 0 Å². The van der Waals surface area contributed by atoms with Crippen LogP contribution in [-0.4, -0.2) is 4.98 Å². The van der Waals surface area contributed by atoms with E-state index in [0.717, 1.165) is 0 Å². The number of rotatable bonds is 3. The maximum Gasteiger partial charge on any atom is 0.133 e. The van der Waals surface area contributed by atoms with E-state index < -0.39 is 0 Å². The highest BCUT2D eigenvalue weighted by Gasteiger charge is 2.25. The predicted octanol–water partition coefficient (Wildman–Crippen LogP) is 6.42. The number of thiazole rings is 1. The van der Waals surface area contributed by atoms with Gasteiger partial charge in [-0.1, -0.05) is 48.5 Å². The van der Waals surface area contributed by atoms with Crippen LogP contribution in [0.25, 0.3) is 9.88 Å². The summed E-state index contributed by atoms with van der Waals surface area (Å²) in [5.41, 5.74) is 1.39. The van der Waals surface area contributed by atoms with Gasteiger partial charge in [-0.15, -0.1) is 22.7 Å². The molecule has 2 aromatic rings. The summed E-state index contributed by atoms with van der Waals surface area (Å²) in [5, 5.41) is 1.19. The van der Waals surface area contributed by atoms with Crippen molar-refractivity contribution in [1.29, 1.82) is 0 Å². The van der Waals surface area contributed by atoms with Crippen molar-refractivity contribution in [2.75, 3.05) is 0 Å². The second-order valence-electron chi connectivity index (χ2n) is 6.99. The van der Waals surface area contributed by atoms with Gasteiger partial charge in [-0.2, -0.15) is 0 Å². The van der Waals surface area contributed by atoms with Crippen molar-refractivity contribution < 1.29 is 0 Å². The predicted molar refractivity (Wildman–Crippen MR) is 92.3 cm³/mol. The van der Waals surface area contributed by atoms with Crippen molar-refractivity contribution in [1.82, 2.24) is 4.98 Å². The Labute approximate surface area is 131 Å². The van der Waals surface area contributed by atoms with Crippen molar-refractivity contribution >= 4 is 22.7 Å². The zero-order valence-electron chi connectivity index (χ0n) is 13.6. The van der Waals surface area contributed by atoms with Crippen LogP contribution in [0.4, 0.5) is 0 Å². The highest BCUT2D eigenvalue weighted by molar-refractivity contribution is 7.22. The summed E-state index contributed by atoms with van der Waals surface area (Å²) in [4.78, 5) is 9.17. The number of nitrogens with zero attached hydrogens (tertiary/aromatic N) is 1. The second kappa shape index (κ2) is 5.61. The van der Waals surface area contributed by atoms with Crippen molar-refractivity contribution in [3.63, 3.8) is 0 Å². The number of hydrogen-bond acceptors (Lipinski definition) is 3. The normalized spacial score (nSPS) is 12.7. The molecule has 110 valence electrons. The topological polar surface area (TPSA) is 12.9 Å². The van der Waals surface area contributed by atoms with Crippen LogP contribution in [0.3, 0.4) is 0 Å². The van der Waals surface area contributed by atoms with Crippen molar-refractivity contribution in [3.8, 4) is 9.88 Å². The molecular formula is C17H25NS2. The summed E-state index contributed by atoms with van der Waals surface area (Å²) >= 11 is 3.76. The molecule has 0 atom stereocenters. The first-order valence-electron chi connectivity index (χ1n) is 7.31. The van der Waals surface area contributed by atoms with Gasteiger partial charge in [0.15, 0.2) is 0 Å². The van der Waals surface area contributed by atoms with E-state index >= 15 is 0 Å². The van der Waals surface area contributed by atoms with E-state index in [1.807, 2.05) is 22.7 Å². The monoisotopic (exact) mass is 307 g/mol. The van der Waals surface area contributed by atoms with Crippen LogP contribution in [-0.2, 0) is 5.41 Å². The molecule has 0 spiro atoms. The lowest BCUT2D eigenvalue weighted by molar-refractivity contribution is 0.562. The zero-order valence-corrected chi connectivity index (χ0v) is 15.2. The molecule has 0 aliphatic heterocycles. The molecule has 3 heteroatoms. The molecular weight excluding hydrogens is 282 g/mol. The first-order valence-corrected chi connectivity index (χ1v) is 8.94. The smallest absolute Gasteiger partial charge is 0.133 e. The van der Waals surface area contributed by atoms with Gasteiger partial charge >= 0.3 is 0 Å². The van der Waals surface area contributed by atoms with Gasteiger partial charge in [-0.05, 0) is 24.0 Å². The summed E-state index contributed by atoms with van der Waals surface area (Å²) in [5.74, 6) is 1.14. The van der Waals surface area contributed by atoms with Gasteiger partial charge in [-0.25, -0.2) is 4.98 Å². The van der Waals surface area contributed by atoms with E-state index in [4.69, 9.17) is 4.98 Å². The third-order valence-electron chi connectivity index (χ3n) is 3.29. The summed E-state index contributed by atoms with van der Waals surface area (Å²) in [6, 6.07) is 4.48. The van der Waals surface area contributed by atoms with Crippen molar-refractivity contribution in [2.45, 2.75) is 65.7 Å². The lowest BCUT2D eigenvalue weighted by Gasteiger charge is -2.18. The quantitative estimate of drug-likeness (QED) is 0.638. The summed E-state index contributed by atoms with van der Waals surface area (Å²) in [6.07, 6.45) is 0. The van der Waals surface area contributed by atoms with Gasteiger partial charge in [0.1, 0.15) is 5.01 Å². The third kappa shape index (κ3) is 3.15. The van der Waals surface area contributed by atoms with E-state index in [1.165, 1.54) is 25.3 Å². The Morgan fingerprint density at radius 2 is 1.60 bits per heavy atom. The SMILES string of the molecule is CC(C)c1ccc(-c2nc(C(C)(C)C)c(C(C)C)s2)s1. The van der Waals surface area contributed by atoms with Crippen LogP contribution in [0.1, 0.15) is 75.8 Å². The third-order valence-corrected chi connectivity index (χ3v) is 6.21. The van der Waals surface area contributed by atoms with Crippen LogP contribution >= 0.6 is 22.7 Å². The van der Waals surface area contributed by atoms with E-state index in [-0.39, 0.29) is 5.41 Å². The largest absolute Gasteiger partial charge is 0.239 e. The highest BCUT2D eigenvalue weighted by Crippen LogP contribution is 2.41. The Balaban J connectivity index is 2.47. The molecule has 0 amide bonds. The van der Waals surface area contributed by atoms with Gasteiger partial charge < -0.3 is 0 Å². The second-order valence-corrected chi connectivity index (χ2v) is 9.14. The van der Waals surface area contributed by atoms with Crippen molar-refractivity contribution in [3.05, 3.63) is 27.6 Å². The van der Waals surface area contributed by atoms with E-state index in [1.54, 1.807) is 0 Å². The molecule has 0 fully saturated rings. The fourth-order valence-corrected chi connectivity index (χ4v) is 4.49. The molecule has 0 aliphatic carbocycles. The molecule has 2 heterocycles. The molecule has 20 heavy (non-hydrogen) atoms. The molecule has 0 bridgehead atoms. The van der Waals surface area contributed by atoms with Gasteiger partial charge in [0.25, 0.3) is 0 Å². The fraction of sp³-hybridized carbons (Fsp3) is 0.588. The molecule has 0 aromatic carbocycles. The first kappa shape index (κ1) is 15.7. The fourth-order valence-electron chi connectivity index (χ4n) is 2.14. The van der Waals surface area contributed by atoms with E-state index in [2.05, 4.69) is 60.6 Å². The number of hydrogen-bond donors (Lipinski definition) is 0. The van der Waals surface area contributed by atoms with Crippen LogP contribution in [0.15, 0.2) is 12.1 Å². The Kier molecular flexibility index (Phi) is 4.41. The van der Waals surface area contributed by atoms with E-state index in [0.29, 0.717) is 11.8 Å². The van der Waals surface area contributed by atoms with Crippen LogP contribution < -0.4 is 0 Å². The number of thiophene rings is 1. The van der Waals surface area contributed by atoms with Gasteiger partial charge in [0.2, 0.25) is 0 Å². The molecule has 0 N–H and O–H groups in total. The summed E-state index contributed by atoms with van der Waals surface area (Å²) < 4.78 is 0. The summed E-state index contributed by atoms with van der Waals surface area (Å²) in [6.45, 7) is 15.8. The van der Waals surface area contributed by atoms with Crippen LogP contribution in [0.2, 0.25) is 0 Å². The first-order chi connectivity index (χ1) is 9.20. The molecule has 0 saturated heterocycles. The molecule has 0 radical (unpaired) electrons. The molecule has 1 nitrogen and oxygen atoms in total. The maximum atomic E-state index is 4.97. The van der Waals surface area contributed by atoms with E-state index in [9.17, 15) is 0 Å². The molecule has 0 aliphatic rings. The Hall–Kier alpha value is -0.670. The zero-order chi connectivity index (χ0) is 15.1. The standard InChI is InChI=1S/C17H25NS2/c1-10(2)12-8-9-13(19-12)16-18-15(17(5,6)7)14(20-16)11(3)4/h8-11H,1-7H3. The lowest BCUT2D eigenvalue weighted by atomic mass is 9.89. The summed E-state index contributed by atoms with van der Waals surface area (Å²) in [7, 11) is 0. The Morgan fingerprint density at radius 1 is 0.950 bits per heavy atom. The average molecular weight is 308 g/mol. The van der Waals surface area contributed by atoms with Crippen LogP contribution in [0, 0.1) is 0 Å². The average Bonchev–Trinajstić information content (AvgIpc) is 2.94. The van der Waals surface area contributed by atoms with Crippen LogP contribution in [0.5, 0.6) is 0 Å². The Bertz CT molecular complexity index is 582.